The molecule has 5 N–H and O–H groups in total. The summed E-state index contributed by atoms with van der Waals surface area (Å²) < 4.78 is 63.2. The van der Waals surface area contributed by atoms with E-state index in [1.165, 1.54) is 0 Å². The average molecular weight is 633 g/mol. The van der Waals surface area contributed by atoms with Crippen LogP contribution in [0.15, 0.2) is 72.8 Å². The second-order valence-corrected chi connectivity index (χ2v) is 13.3. The fourth-order valence-electron chi connectivity index (χ4n) is 4.33. The highest BCUT2D eigenvalue weighted by atomic mass is 32.2. The molecular formula is C28H32N4O9S2. The van der Waals surface area contributed by atoms with Crippen molar-refractivity contribution in [2.75, 3.05) is 41.7 Å². The Morgan fingerprint density at radius 2 is 1.60 bits per heavy atom. The zero-order valence-electron chi connectivity index (χ0n) is 23.3. The molecule has 13 nitrogen and oxygen atoms in total. The van der Waals surface area contributed by atoms with Crippen LogP contribution in [0.5, 0.6) is 11.6 Å². The second-order valence-electron chi connectivity index (χ2n) is 9.80. The van der Waals surface area contributed by atoms with Crippen molar-refractivity contribution >= 4 is 48.5 Å². The van der Waals surface area contributed by atoms with Gasteiger partial charge in [-0.2, -0.15) is 0 Å². The fourth-order valence-corrected chi connectivity index (χ4v) is 5.45. The predicted molar refractivity (Wildman–Crippen MR) is 163 cm³/mol. The van der Waals surface area contributed by atoms with Crippen LogP contribution in [0.2, 0.25) is 0 Å². The number of aromatic nitrogens is 1. The highest BCUT2D eigenvalue weighted by Gasteiger charge is 2.15. The van der Waals surface area contributed by atoms with Crippen molar-refractivity contribution in [2.45, 2.75) is 12.6 Å². The maximum Gasteiger partial charge on any atom is 0.512 e. The van der Waals surface area contributed by atoms with Gasteiger partial charge in [0.1, 0.15) is 12.4 Å². The van der Waals surface area contributed by atoms with E-state index in [0.717, 1.165) is 23.5 Å². The molecular weight excluding hydrogens is 600 g/mol. The van der Waals surface area contributed by atoms with E-state index >= 15 is 0 Å². The third-order valence-electron chi connectivity index (χ3n) is 6.09. The number of aliphatic hydroxyl groups excluding tert-OH is 1. The molecule has 1 heterocycles. The number of rotatable bonds is 14. The molecule has 0 bridgehead atoms. The van der Waals surface area contributed by atoms with Crippen LogP contribution in [0, 0.1) is 0 Å². The molecule has 0 aliphatic carbocycles. The van der Waals surface area contributed by atoms with Crippen molar-refractivity contribution in [3.8, 4) is 11.6 Å². The SMILES string of the molecule is CS(=O)(=O)Nc1ccc(Cn2c(OC(=O)O)cc3ccc(OCCNC[C@H](O)c4cccc(NS(C)(=O)=O)c4)cc32)cc1. The van der Waals surface area contributed by atoms with E-state index < -0.39 is 32.3 Å². The van der Waals surface area contributed by atoms with Gasteiger partial charge in [0.2, 0.25) is 25.9 Å². The number of benzene rings is 3. The Bertz CT molecular complexity index is 1810. The van der Waals surface area contributed by atoms with Gasteiger partial charge in [-0.15, -0.1) is 0 Å². The van der Waals surface area contributed by atoms with Crippen LogP contribution < -0.4 is 24.2 Å². The van der Waals surface area contributed by atoms with Gasteiger partial charge < -0.3 is 29.6 Å². The van der Waals surface area contributed by atoms with Crippen molar-refractivity contribution in [1.82, 2.24) is 9.88 Å². The Balaban J connectivity index is 1.39. The predicted octanol–water partition coefficient (Wildman–Crippen LogP) is 3.19. The van der Waals surface area contributed by atoms with Gasteiger partial charge in [-0.3, -0.25) is 9.44 Å². The van der Waals surface area contributed by atoms with E-state index in [-0.39, 0.29) is 25.6 Å². The van der Waals surface area contributed by atoms with Gasteiger partial charge in [-0.25, -0.2) is 21.6 Å². The van der Waals surface area contributed by atoms with Gasteiger partial charge in [0, 0.05) is 42.0 Å². The Morgan fingerprint density at radius 3 is 2.28 bits per heavy atom. The molecule has 0 radical (unpaired) electrons. The standard InChI is InChI=1S/C28H32N4O9S2/c1-42(36,37)30-22-9-6-19(7-10-22)18-32-25-16-24(11-8-20(25)15-27(32)41-28(34)35)40-13-12-29-17-26(33)21-4-3-5-23(14-21)31-43(2,38)39/h3-11,14-16,26,29-31,33H,12-13,17-18H2,1-2H3,(H,34,35)/t26-/m0/s1. The van der Waals surface area contributed by atoms with E-state index in [1.54, 1.807) is 77.4 Å². The molecule has 4 aromatic rings. The Labute approximate surface area is 249 Å². The second kappa shape index (κ2) is 13.3. The number of aliphatic hydroxyl groups is 1. The van der Waals surface area contributed by atoms with Crippen LogP contribution in [0.1, 0.15) is 17.2 Å². The zero-order chi connectivity index (χ0) is 31.2. The summed E-state index contributed by atoms with van der Waals surface area (Å²) in [7, 11) is -6.85. The van der Waals surface area contributed by atoms with Crippen LogP contribution in [0.4, 0.5) is 16.2 Å². The summed E-state index contributed by atoms with van der Waals surface area (Å²) in [4.78, 5) is 11.3. The molecule has 0 saturated carbocycles. The number of nitrogens with one attached hydrogen (secondary N) is 3. The van der Waals surface area contributed by atoms with E-state index in [4.69, 9.17) is 9.47 Å². The van der Waals surface area contributed by atoms with Crippen molar-refractivity contribution in [3.05, 3.63) is 83.9 Å². The van der Waals surface area contributed by atoms with Gasteiger partial charge in [0.05, 0.1) is 30.7 Å². The summed E-state index contributed by atoms with van der Waals surface area (Å²) in [6, 6.07) is 20.1. The lowest BCUT2D eigenvalue weighted by Gasteiger charge is -2.14. The first kappa shape index (κ1) is 31.6. The number of carbonyl (C=O) groups is 1. The highest BCUT2D eigenvalue weighted by Crippen LogP contribution is 2.30. The number of hydrogen-bond acceptors (Lipinski definition) is 9. The summed E-state index contributed by atoms with van der Waals surface area (Å²) in [6.45, 7) is 1.12. The number of carboxylic acid groups (broad SMARTS) is 1. The number of hydrogen-bond donors (Lipinski definition) is 5. The van der Waals surface area contributed by atoms with Crippen LogP contribution >= 0.6 is 0 Å². The lowest BCUT2D eigenvalue weighted by Crippen LogP contribution is -2.26. The maximum absolute atomic E-state index is 11.5. The lowest BCUT2D eigenvalue weighted by atomic mass is 10.1. The molecule has 1 aromatic heterocycles. The summed E-state index contributed by atoms with van der Waals surface area (Å²) in [5, 5.41) is 23.6. The molecule has 15 heteroatoms. The smallest absolute Gasteiger partial charge is 0.492 e. The largest absolute Gasteiger partial charge is 0.512 e. The molecule has 43 heavy (non-hydrogen) atoms. The summed E-state index contributed by atoms with van der Waals surface area (Å²) in [5.74, 6) is 0.646. The molecule has 230 valence electrons. The monoisotopic (exact) mass is 632 g/mol. The zero-order valence-corrected chi connectivity index (χ0v) is 25.0. The van der Waals surface area contributed by atoms with E-state index in [2.05, 4.69) is 14.8 Å². The lowest BCUT2D eigenvalue weighted by molar-refractivity contribution is 0.141. The number of anilines is 2. The average Bonchev–Trinajstić information content (AvgIpc) is 3.23. The van der Waals surface area contributed by atoms with Gasteiger partial charge in [0.25, 0.3) is 0 Å². The van der Waals surface area contributed by atoms with Crippen LogP contribution in [-0.2, 0) is 26.6 Å². The van der Waals surface area contributed by atoms with Crippen molar-refractivity contribution in [3.63, 3.8) is 0 Å². The van der Waals surface area contributed by atoms with Gasteiger partial charge in [-0.1, -0.05) is 24.3 Å². The Hall–Kier alpha value is -4.31. The summed E-state index contributed by atoms with van der Waals surface area (Å²) >= 11 is 0. The first-order valence-corrected chi connectivity index (χ1v) is 16.7. The first-order valence-electron chi connectivity index (χ1n) is 13.0. The minimum atomic E-state index is -3.43. The third kappa shape index (κ3) is 9.61. The van der Waals surface area contributed by atoms with Crippen molar-refractivity contribution in [2.24, 2.45) is 0 Å². The maximum atomic E-state index is 11.5. The molecule has 0 fully saturated rings. The van der Waals surface area contributed by atoms with Crippen LogP contribution in [-0.4, -0.2) is 70.0 Å². The highest BCUT2D eigenvalue weighted by molar-refractivity contribution is 7.92. The molecule has 0 amide bonds. The topological polar surface area (TPSA) is 185 Å². The van der Waals surface area contributed by atoms with Crippen LogP contribution in [0.3, 0.4) is 0 Å². The van der Waals surface area contributed by atoms with Crippen molar-refractivity contribution in [1.29, 1.82) is 0 Å². The number of fused-ring (bicyclic) bond motifs is 1. The normalized spacial score (nSPS) is 12.5. The molecule has 0 spiro atoms. The molecule has 0 saturated heterocycles. The minimum absolute atomic E-state index is 0.115. The van der Waals surface area contributed by atoms with Gasteiger partial charge >= 0.3 is 6.16 Å². The molecule has 0 aliphatic heterocycles. The van der Waals surface area contributed by atoms with Crippen molar-refractivity contribution < 1.29 is 41.3 Å². The summed E-state index contributed by atoms with van der Waals surface area (Å²) in [5.41, 5.74) is 2.76. The van der Waals surface area contributed by atoms with E-state index in [1.807, 2.05) is 0 Å². The first-order chi connectivity index (χ1) is 20.3. The molecule has 0 unspecified atom stereocenters. The van der Waals surface area contributed by atoms with E-state index in [0.29, 0.717) is 34.7 Å². The minimum Gasteiger partial charge on any atom is -0.492 e. The number of sulfonamides is 2. The third-order valence-corrected chi connectivity index (χ3v) is 7.30. The Kier molecular flexibility index (Phi) is 9.80. The molecule has 4 rings (SSSR count). The van der Waals surface area contributed by atoms with Gasteiger partial charge in [-0.05, 0) is 47.5 Å². The van der Waals surface area contributed by atoms with Gasteiger partial charge in [0.15, 0.2) is 0 Å². The Morgan fingerprint density at radius 1 is 0.907 bits per heavy atom. The fraction of sp³-hybridized carbons (Fsp3) is 0.250. The van der Waals surface area contributed by atoms with Crippen LogP contribution in [0.25, 0.3) is 10.9 Å². The molecule has 1 atom stereocenters. The number of ether oxygens (including phenoxy) is 2. The quantitative estimate of drug-likeness (QED) is 0.102. The number of nitrogens with zero attached hydrogens (tertiary/aromatic N) is 1. The summed E-state index contributed by atoms with van der Waals surface area (Å²) in [6.07, 6.45) is -0.216. The van der Waals surface area contributed by atoms with E-state index in [9.17, 15) is 31.8 Å². The molecule has 0 aliphatic rings. The molecule has 3 aromatic carbocycles.